The molecule has 0 amide bonds. The number of hydrogen-bond donors (Lipinski definition) is 1. The molecule has 0 radical (unpaired) electrons. The van der Waals surface area contributed by atoms with E-state index in [1.165, 1.54) is 0 Å². The number of sulfonamides is 1. The van der Waals surface area contributed by atoms with Crippen molar-refractivity contribution in [1.29, 1.82) is 0 Å². The molecule has 1 aromatic carbocycles. The molecule has 0 saturated heterocycles. The van der Waals surface area contributed by atoms with Crippen LogP contribution in [0.2, 0.25) is 0 Å². The number of benzene rings is 1. The van der Waals surface area contributed by atoms with Crippen LogP contribution in [0.25, 0.3) is 11.5 Å². The molecule has 0 saturated carbocycles. The van der Waals surface area contributed by atoms with Crippen LogP contribution in [0.4, 0.5) is 0 Å². The first kappa shape index (κ1) is 16.4. The number of nitrogens with zero attached hydrogens (tertiary/aromatic N) is 1. The first-order valence-corrected chi connectivity index (χ1v) is 9.28. The van der Waals surface area contributed by atoms with Crippen LogP contribution in [0.3, 0.4) is 0 Å². The van der Waals surface area contributed by atoms with Gasteiger partial charge in [-0.2, -0.15) is 0 Å². The lowest BCUT2D eigenvalue weighted by Crippen LogP contribution is -2.27. The third-order valence-electron chi connectivity index (χ3n) is 3.63. The van der Waals surface area contributed by atoms with Gasteiger partial charge in [-0.1, -0.05) is 36.4 Å². The summed E-state index contributed by atoms with van der Waals surface area (Å²) in [6.45, 7) is 0.182. The predicted molar refractivity (Wildman–Crippen MR) is 92.7 cm³/mol. The van der Waals surface area contributed by atoms with Crippen molar-refractivity contribution in [3.8, 4) is 11.5 Å². The van der Waals surface area contributed by atoms with Gasteiger partial charge in [0.05, 0.1) is 12.0 Å². The molecule has 3 rings (SSSR count). The number of aryl methyl sites for hydroxylation is 1. The minimum atomic E-state index is -3.37. The fourth-order valence-electron chi connectivity index (χ4n) is 2.37. The van der Waals surface area contributed by atoms with Crippen molar-refractivity contribution in [1.82, 2.24) is 9.71 Å². The summed E-state index contributed by atoms with van der Waals surface area (Å²) in [5.41, 5.74) is 2.42. The Kier molecular flexibility index (Phi) is 5.08. The second-order valence-corrected chi connectivity index (χ2v) is 7.29. The maximum Gasteiger partial charge on any atom is 0.212 e. The summed E-state index contributed by atoms with van der Waals surface area (Å²) in [6.07, 6.45) is 3.71. The van der Waals surface area contributed by atoms with E-state index < -0.39 is 10.0 Å². The molecule has 0 atom stereocenters. The minimum Gasteiger partial charge on any atom is -0.463 e. The van der Waals surface area contributed by atoms with Crippen LogP contribution in [0.1, 0.15) is 11.1 Å². The van der Waals surface area contributed by atoms with Gasteiger partial charge in [-0.25, -0.2) is 13.1 Å². The number of furan rings is 1. The van der Waals surface area contributed by atoms with Gasteiger partial charge in [0.15, 0.2) is 5.76 Å². The van der Waals surface area contributed by atoms with Gasteiger partial charge < -0.3 is 4.42 Å². The van der Waals surface area contributed by atoms with Gasteiger partial charge in [0, 0.05) is 12.7 Å². The lowest BCUT2D eigenvalue weighted by Gasteiger charge is -2.09. The zero-order chi connectivity index (χ0) is 16.8. The molecule has 6 heteroatoms. The van der Waals surface area contributed by atoms with Crippen molar-refractivity contribution in [2.45, 2.75) is 13.0 Å². The summed E-state index contributed by atoms with van der Waals surface area (Å²) in [5, 5.41) is 0. The Hall–Kier alpha value is -2.44. The van der Waals surface area contributed by atoms with E-state index in [0.29, 0.717) is 17.9 Å². The van der Waals surface area contributed by atoms with Gasteiger partial charge in [-0.3, -0.25) is 4.98 Å². The maximum atomic E-state index is 12.2. The van der Waals surface area contributed by atoms with Crippen molar-refractivity contribution in [2.24, 2.45) is 0 Å². The van der Waals surface area contributed by atoms with Crippen LogP contribution < -0.4 is 4.72 Å². The zero-order valence-electron chi connectivity index (χ0n) is 13.1. The highest BCUT2D eigenvalue weighted by Crippen LogP contribution is 2.21. The summed E-state index contributed by atoms with van der Waals surface area (Å²) in [4.78, 5) is 4.29. The Morgan fingerprint density at radius 3 is 2.58 bits per heavy atom. The smallest absolute Gasteiger partial charge is 0.212 e. The van der Waals surface area contributed by atoms with Crippen molar-refractivity contribution >= 4 is 10.0 Å². The third kappa shape index (κ3) is 4.31. The number of hydrogen-bond acceptors (Lipinski definition) is 4. The van der Waals surface area contributed by atoms with E-state index in [2.05, 4.69) is 9.71 Å². The Morgan fingerprint density at radius 2 is 1.83 bits per heavy atom. The third-order valence-corrected chi connectivity index (χ3v) is 4.96. The first-order valence-electron chi connectivity index (χ1n) is 7.63. The molecule has 0 aliphatic heterocycles. The lowest BCUT2D eigenvalue weighted by molar-refractivity contribution is 0.574. The predicted octanol–water partition coefficient (Wildman–Crippen LogP) is 3.00. The second-order valence-electron chi connectivity index (χ2n) is 5.36. The molecule has 0 fully saturated rings. The fourth-order valence-corrected chi connectivity index (χ4v) is 3.40. The maximum absolute atomic E-state index is 12.2. The Bertz CT molecular complexity index is 876. The van der Waals surface area contributed by atoms with Crippen LogP contribution in [0, 0.1) is 0 Å². The molecule has 3 aromatic rings. The van der Waals surface area contributed by atoms with Crippen molar-refractivity contribution in [3.05, 3.63) is 78.2 Å². The minimum absolute atomic E-state index is 0.0490. The van der Waals surface area contributed by atoms with Crippen molar-refractivity contribution in [3.63, 3.8) is 0 Å². The highest BCUT2D eigenvalue weighted by atomic mass is 32.2. The quantitative estimate of drug-likeness (QED) is 0.716. The Morgan fingerprint density at radius 1 is 1.00 bits per heavy atom. The number of nitrogens with one attached hydrogen (secondary N) is 1. The molecule has 0 unspecified atom stereocenters. The summed E-state index contributed by atoms with van der Waals surface area (Å²) < 4.78 is 32.4. The number of rotatable bonds is 7. The lowest BCUT2D eigenvalue weighted by atomic mass is 10.1. The largest absolute Gasteiger partial charge is 0.463 e. The van der Waals surface area contributed by atoms with E-state index in [4.69, 9.17) is 4.42 Å². The van der Waals surface area contributed by atoms with Crippen LogP contribution in [-0.4, -0.2) is 19.2 Å². The molecule has 24 heavy (non-hydrogen) atoms. The van der Waals surface area contributed by atoms with Crippen LogP contribution in [-0.2, 0) is 23.0 Å². The van der Waals surface area contributed by atoms with E-state index in [9.17, 15) is 8.42 Å². The summed E-state index contributed by atoms with van der Waals surface area (Å²) in [6, 6.07) is 16.8. The van der Waals surface area contributed by atoms with Crippen LogP contribution >= 0.6 is 0 Å². The fraction of sp³-hybridized carbons (Fsp3) is 0.167. The average Bonchev–Trinajstić information content (AvgIpc) is 3.14. The highest BCUT2D eigenvalue weighted by Gasteiger charge is 2.14. The van der Waals surface area contributed by atoms with Gasteiger partial charge >= 0.3 is 0 Å². The zero-order valence-corrected chi connectivity index (χ0v) is 13.9. The van der Waals surface area contributed by atoms with Crippen molar-refractivity contribution < 1.29 is 12.8 Å². The molecule has 0 spiro atoms. The topological polar surface area (TPSA) is 72.2 Å². The van der Waals surface area contributed by atoms with Gasteiger partial charge in [0.1, 0.15) is 5.69 Å². The standard InChI is InChI=1S/C18H18N2O3S/c21-24(22,13-10-15-6-2-1-3-7-15)20-14-16-8-4-11-19-18(16)17-9-5-12-23-17/h1-9,11-12,20H,10,13-14H2. The summed E-state index contributed by atoms with van der Waals surface area (Å²) in [7, 11) is -3.37. The van der Waals surface area contributed by atoms with E-state index in [1.54, 1.807) is 30.7 Å². The summed E-state index contributed by atoms with van der Waals surface area (Å²) >= 11 is 0. The normalized spacial score (nSPS) is 11.5. The van der Waals surface area contributed by atoms with Gasteiger partial charge in [0.25, 0.3) is 0 Å². The van der Waals surface area contributed by atoms with Gasteiger partial charge in [-0.15, -0.1) is 0 Å². The molecular weight excluding hydrogens is 324 g/mol. The molecule has 124 valence electrons. The molecule has 5 nitrogen and oxygen atoms in total. The average molecular weight is 342 g/mol. The van der Waals surface area contributed by atoms with E-state index in [0.717, 1.165) is 11.1 Å². The molecule has 0 aliphatic carbocycles. The number of pyridine rings is 1. The molecule has 0 aliphatic rings. The van der Waals surface area contributed by atoms with E-state index in [-0.39, 0.29) is 12.3 Å². The Labute approximate surface area is 141 Å². The second kappa shape index (κ2) is 7.42. The molecular formula is C18H18N2O3S. The highest BCUT2D eigenvalue weighted by molar-refractivity contribution is 7.89. The van der Waals surface area contributed by atoms with Gasteiger partial charge in [-0.05, 0) is 35.7 Å². The SMILES string of the molecule is O=S(=O)(CCc1ccccc1)NCc1cccnc1-c1ccco1. The molecule has 0 bridgehead atoms. The van der Waals surface area contributed by atoms with E-state index in [1.807, 2.05) is 36.4 Å². The van der Waals surface area contributed by atoms with Crippen LogP contribution in [0.15, 0.2) is 71.5 Å². The van der Waals surface area contributed by atoms with E-state index >= 15 is 0 Å². The number of aromatic nitrogens is 1. The van der Waals surface area contributed by atoms with Crippen molar-refractivity contribution in [2.75, 3.05) is 5.75 Å². The van der Waals surface area contributed by atoms with Gasteiger partial charge in [0.2, 0.25) is 10.0 Å². The monoisotopic (exact) mass is 342 g/mol. The van der Waals surface area contributed by atoms with Crippen LogP contribution in [0.5, 0.6) is 0 Å². The molecule has 2 aromatic heterocycles. The first-order chi connectivity index (χ1) is 11.6. The summed E-state index contributed by atoms with van der Waals surface area (Å²) in [5.74, 6) is 0.668. The molecule has 2 heterocycles. The Balaban J connectivity index is 1.65. The molecule has 1 N–H and O–H groups in total.